The highest BCUT2D eigenvalue weighted by atomic mass is 32.1. The second-order valence-electron chi connectivity index (χ2n) is 5.89. The Kier molecular flexibility index (Phi) is 5.57. The lowest BCUT2D eigenvalue weighted by molar-refractivity contribution is -0.384. The summed E-state index contributed by atoms with van der Waals surface area (Å²) in [6.07, 6.45) is 0.0828. The minimum Gasteiger partial charge on any atom is -0.388 e. The molecule has 0 spiro atoms. The van der Waals surface area contributed by atoms with E-state index in [-0.39, 0.29) is 16.7 Å². The van der Waals surface area contributed by atoms with Crippen molar-refractivity contribution < 1.29 is 14.8 Å². The molecule has 1 aliphatic heterocycles. The van der Waals surface area contributed by atoms with Gasteiger partial charge in [0.25, 0.3) is 5.69 Å². The van der Waals surface area contributed by atoms with Crippen LogP contribution >= 0.6 is 11.3 Å². The van der Waals surface area contributed by atoms with Crippen molar-refractivity contribution in [2.75, 3.05) is 19.8 Å². The summed E-state index contributed by atoms with van der Waals surface area (Å²) in [5.74, 6) is 0. The van der Waals surface area contributed by atoms with Gasteiger partial charge in [-0.2, -0.15) is 0 Å². The number of nitro benzene ring substituents is 1. The van der Waals surface area contributed by atoms with Crippen molar-refractivity contribution in [2.24, 2.45) is 0 Å². The number of nitro groups is 1. The highest BCUT2D eigenvalue weighted by Crippen LogP contribution is 2.27. The molecule has 3 rings (SSSR count). The molecule has 0 saturated carbocycles. The summed E-state index contributed by atoms with van der Waals surface area (Å²) in [7, 11) is 0. The quantitative estimate of drug-likeness (QED) is 0.641. The number of hydrogen-bond donors (Lipinski definition) is 1. The number of aliphatic hydroxyl groups excluding tert-OH is 1. The van der Waals surface area contributed by atoms with E-state index in [0.29, 0.717) is 26.2 Å². The van der Waals surface area contributed by atoms with E-state index < -0.39 is 6.10 Å². The van der Waals surface area contributed by atoms with Crippen LogP contribution in [0.2, 0.25) is 0 Å². The predicted molar refractivity (Wildman–Crippen MR) is 92.0 cm³/mol. The smallest absolute Gasteiger partial charge is 0.269 e. The van der Waals surface area contributed by atoms with E-state index in [0.717, 1.165) is 17.0 Å². The second-order valence-corrected chi connectivity index (χ2v) is 6.87. The molecule has 1 aromatic heterocycles. The summed E-state index contributed by atoms with van der Waals surface area (Å²) in [6.45, 7) is 2.58. The molecule has 128 valence electrons. The summed E-state index contributed by atoms with van der Waals surface area (Å²) >= 11 is 1.55. The third kappa shape index (κ3) is 4.18. The number of ether oxygens (including phenoxy) is 1. The Morgan fingerprint density at radius 3 is 3.04 bits per heavy atom. The molecule has 2 heterocycles. The monoisotopic (exact) mass is 348 g/mol. The van der Waals surface area contributed by atoms with Gasteiger partial charge in [0.2, 0.25) is 0 Å². The van der Waals surface area contributed by atoms with E-state index >= 15 is 0 Å². The van der Waals surface area contributed by atoms with E-state index in [4.69, 9.17) is 4.74 Å². The number of nitrogens with zero attached hydrogens (tertiary/aromatic N) is 2. The molecular weight excluding hydrogens is 328 g/mol. The average molecular weight is 348 g/mol. The van der Waals surface area contributed by atoms with Gasteiger partial charge in [-0.15, -0.1) is 11.3 Å². The Morgan fingerprint density at radius 2 is 2.29 bits per heavy atom. The van der Waals surface area contributed by atoms with Crippen molar-refractivity contribution >= 4 is 17.0 Å². The molecule has 1 N–H and O–H groups in total. The van der Waals surface area contributed by atoms with E-state index in [2.05, 4.69) is 4.90 Å². The van der Waals surface area contributed by atoms with Crippen molar-refractivity contribution in [3.05, 3.63) is 62.3 Å². The molecule has 6 nitrogen and oxygen atoms in total. The maximum absolute atomic E-state index is 10.9. The normalized spacial score (nSPS) is 20.0. The Morgan fingerprint density at radius 1 is 1.42 bits per heavy atom. The zero-order valence-corrected chi connectivity index (χ0v) is 14.0. The lowest BCUT2D eigenvalue weighted by Gasteiger charge is -2.36. The maximum Gasteiger partial charge on any atom is 0.269 e. The van der Waals surface area contributed by atoms with Crippen molar-refractivity contribution in [3.8, 4) is 0 Å². The van der Waals surface area contributed by atoms with Crippen molar-refractivity contribution in [3.63, 3.8) is 0 Å². The molecule has 1 saturated heterocycles. The van der Waals surface area contributed by atoms with Gasteiger partial charge in [0.1, 0.15) is 0 Å². The summed E-state index contributed by atoms with van der Waals surface area (Å²) in [5, 5.41) is 23.3. The molecular formula is C17H20N2O4S. The average Bonchev–Trinajstić information content (AvgIpc) is 3.11. The zero-order chi connectivity index (χ0) is 16.9. The molecule has 0 radical (unpaired) electrons. The van der Waals surface area contributed by atoms with Crippen molar-refractivity contribution in [2.45, 2.75) is 25.1 Å². The highest BCUT2D eigenvalue weighted by Gasteiger charge is 2.26. The minimum atomic E-state index is -0.510. The maximum atomic E-state index is 10.9. The number of morpholine rings is 1. The fraction of sp³-hybridized carbons (Fsp3) is 0.412. The lowest BCUT2D eigenvalue weighted by atomic mass is 10.0. The Labute approximate surface area is 144 Å². The first-order chi connectivity index (χ1) is 11.6. The molecule has 1 aliphatic rings. The van der Waals surface area contributed by atoms with Crippen LogP contribution in [0.1, 0.15) is 23.0 Å². The summed E-state index contributed by atoms with van der Waals surface area (Å²) < 4.78 is 5.57. The van der Waals surface area contributed by atoms with Crippen LogP contribution in [-0.4, -0.2) is 40.7 Å². The van der Waals surface area contributed by atoms with Crippen LogP contribution < -0.4 is 0 Å². The fourth-order valence-electron chi connectivity index (χ4n) is 2.97. The SMILES string of the molecule is O=[N+]([O-])c1cccc(CN2CCOCC2CC(O)c2cccs2)c1. The largest absolute Gasteiger partial charge is 0.388 e. The Balaban J connectivity index is 1.68. The third-order valence-corrected chi connectivity index (χ3v) is 5.20. The standard InChI is InChI=1S/C17H20N2O4S/c20-16(17-5-2-8-24-17)10-15-12-23-7-6-18(15)11-13-3-1-4-14(9-13)19(21)22/h1-5,8-9,15-16,20H,6-7,10-12H2. The number of thiophene rings is 1. The van der Waals surface area contributed by atoms with Gasteiger partial charge in [0, 0.05) is 36.1 Å². The molecule has 24 heavy (non-hydrogen) atoms. The summed E-state index contributed by atoms with van der Waals surface area (Å²) in [6, 6.07) is 10.7. The molecule has 2 atom stereocenters. The summed E-state index contributed by atoms with van der Waals surface area (Å²) in [4.78, 5) is 13.7. The molecule has 2 unspecified atom stereocenters. The molecule has 2 aromatic rings. The van der Waals surface area contributed by atoms with Crippen molar-refractivity contribution in [1.82, 2.24) is 4.90 Å². The van der Waals surface area contributed by atoms with E-state index in [1.54, 1.807) is 23.5 Å². The molecule has 0 aliphatic carbocycles. The first-order valence-corrected chi connectivity index (χ1v) is 8.78. The van der Waals surface area contributed by atoms with Gasteiger partial charge in [-0.25, -0.2) is 0 Å². The number of hydrogen-bond acceptors (Lipinski definition) is 6. The topological polar surface area (TPSA) is 75.8 Å². The van der Waals surface area contributed by atoms with Crippen LogP contribution in [0.25, 0.3) is 0 Å². The fourth-order valence-corrected chi connectivity index (χ4v) is 3.70. The van der Waals surface area contributed by atoms with Gasteiger partial charge in [-0.05, 0) is 23.4 Å². The van der Waals surface area contributed by atoms with Crippen LogP contribution in [0.5, 0.6) is 0 Å². The van der Waals surface area contributed by atoms with Gasteiger partial charge >= 0.3 is 0 Å². The first kappa shape index (κ1) is 17.0. The van der Waals surface area contributed by atoms with Crippen molar-refractivity contribution in [1.29, 1.82) is 0 Å². The van der Waals surface area contributed by atoms with Gasteiger partial charge in [-0.3, -0.25) is 15.0 Å². The van der Waals surface area contributed by atoms with Crippen LogP contribution in [0, 0.1) is 10.1 Å². The number of non-ortho nitro benzene ring substituents is 1. The van der Waals surface area contributed by atoms with E-state index in [9.17, 15) is 15.2 Å². The minimum absolute atomic E-state index is 0.0927. The molecule has 0 amide bonds. The van der Waals surface area contributed by atoms with Gasteiger partial charge in [-0.1, -0.05) is 18.2 Å². The molecule has 7 heteroatoms. The Bertz CT molecular complexity index is 677. The van der Waals surface area contributed by atoms with E-state index in [1.807, 2.05) is 23.6 Å². The Hall–Kier alpha value is -1.80. The van der Waals surface area contributed by atoms with Crippen LogP contribution in [-0.2, 0) is 11.3 Å². The highest BCUT2D eigenvalue weighted by molar-refractivity contribution is 7.10. The molecule has 1 fully saturated rings. The van der Waals surface area contributed by atoms with Crippen LogP contribution in [0.4, 0.5) is 5.69 Å². The number of aliphatic hydroxyl groups is 1. The zero-order valence-electron chi connectivity index (χ0n) is 13.2. The molecule has 1 aromatic carbocycles. The molecule has 0 bridgehead atoms. The number of benzene rings is 1. The van der Waals surface area contributed by atoms with Gasteiger partial charge in [0.05, 0.1) is 24.2 Å². The third-order valence-electron chi connectivity index (χ3n) is 4.22. The first-order valence-electron chi connectivity index (χ1n) is 7.90. The van der Waals surface area contributed by atoms with Gasteiger partial charge < -0.3 is 9.84 Å². The predicted octanol–water partition coefficient (Wildman–Crippen LogP) is 2.98. The van der Waals surface area contributed by atoms with Gasteiger partial charge in [0.15, 0.2) is 0 Å². The van der Waals surface area contributed by atoms with Crippen LogP contribution in [0.3, 0.4) is 0 Å². The van der Waals surface area contributed by atoms with Crippen LogP contribution in [0.15, 0.2) is 41.8 Å². The lowest BCUT2D eigenvalue weighted by Crippen LogP contribution is -2.45. The summed E-state index contributed by atoms with van der Waals surface area (Å²) in [5.41, 5.74) is 1.01. The number of rotatable bonds is 6. The van der Waals surface area contributed by atoms with E-state index in [1.165, 1.54) is 6.07 Å². The second kappa shape index (κ2) is 7.85.